The molecule has 88 valence electrons. The Kier molecular flexibility index (Phi) is 2.69. The Morgan fingerprint density at radius 1 is 0.833 bits per heavy atom. The number of oxazole rings is 1. The maximum atomic E-state index is 5.78. The van der Waals surface area contributed by atoms with Crippen LogP contribution in [0.3, 0.4) is 0 Å². The molecule has 0 saturated carbocycles. The predicted octanol–water partition coefficient (Wildman–Crippen LogP) is 4.32. The average Bonchev–Trinajstić information content (AvgIpc) is 2.90. The van der Waals surface area contributed by atoms with Gasteiger partial charge in [-0.25, -0.2) is 4.98 Å². The molecule has 2 nitrogen and oxygen atoms in total. The third-order valence-corrected chi connectivity index (χ3v) is 2.86. The van der Waals surface area contributed by atoms with Gasteiger partial charge in [0.25, 0.3) is 0 Å². The number of hydrogen-bond donors (Lipinski definition) is 0. The SMILES string of the molecule is Cc1ccc(-c2ncc(-c3ccccc3)o2)cc1. The van der Waals surface area contributed by atoms with Crippen molar-refractivity contribution in [3.63, 3.8) is 0 Å². The van der Waals surface area contributed by atoms with E-state index >= 15 is 0 Å². The highest BCUT2D eigenvalue weighted by Gasteiger charge is 2.07. The zero-order valence-corrected chi connectivity index (χ0v) is 10.1. The van der Waals surface area contributed by atoms with Gasteiger partial charge in [-0.05, 0) is 19.1 Å². The summed E-state index contributed by atoms with van der Waals surface area (Å²) in [5, 5.41) is 0. The van der Waals surface area contributed by atoms with Gasteiger partial charge in [0.15, 0.2) is 5.76 Å². The van der Waals surface area contributed by atoms with E-state index < -0.39 is 0 Å². The molecule has 0 fully saturated rings. The molecule has 0 aliphatic rings. The highest BCUT2D eigenvalue weighted by atomic mass is 16.4. The van der Waals surface area contributed by atoms with E-state index in [0.717, 1.165) is 16.9 Å². The van der Waals surface area contributed by atoms with Crippen molar-refractivity contribution in [2.24, 2.45) is 0 Å². The minimum absolute atomic E-state index is 0.661. The van der Waals surface area contributed by atoms with E-state index in [4.69, 9.17) is 4.42 Å². The number of hydrogen-bond acceptors (Lipinski definition) is 2. The molecular formula is C16H13NO. The Morgan fingerprint density at radius 2 is 1.56 bits per heavy atom. The van der Waals surface area contributed by atoms with E-state index in [0.29, 0.717) is 5.89 Å². The molecule has 0 bridgehead atoms. The largest absolute Gasteiger partial charge is 0.436 e. The third-order valence-electron chi connectivity index (χ3n) is 2.86. The molecule has 3 aromatic rings. The lowest BCUT2D eigenvalue weighted by Gasteiger charge is -1.97. The zero-order chi connectivity index (χ0) is 12.4. The van der Waals surface area contributed by atoms with Crippen molar-refractivity contribution in [2.75, 3.05) is 0 Å². The normalized spacial score (nSPS) is 10.5. The Hall–Kier alpha value is -2.35. The highest BCUT2D eigenvalue weighted by molar-refractivity contribution is 5.60. The minimum atomic E-state index is 0.661. The molecule has 0 radical (unpaired) electrons. The van der Waals surface area contributed by atoms with Crippen LogP contribution in [0.4, 0.5) is 0 Å². The lowest BCUT2D eigenvalue weighted by molar-refractivity contribution is 0.589. The quantitative estimate of drug-likeness (QED) is 0.661. The van der Waals surface area contributed by atoms with Crippen LogP contribution in [0.25, 0.3) is 22.8 Å². The van der Waals surface area contributed by atoms with Crippen molar-refractivity contribution in [3.8, 4) is 22.8 Å². The van der Waals surface area contributed by atoms with E-state index in [1.807, 2.05) is 42.5 Å². The summed E-state index contributed by atoms with van der Waals surface area (Å²) in [6.07, 6.45) is 1.77. The fraction of sp³-hybridized carbons (Fsp3) is 0.0625. The van der Waals surface area contributed by atoms with Crippen LogP contribution in [0.15, 0.2) is 65.2 Å². The summed E-state index contributed by atoms with van der Waals surface area (Å²) >= 11 is 0. The molecule has 0 aliphatic carbocycles. The Bertz CT molecular complexity index is 638. The van der Waals surface area contributed by atoms with Gasteiger partial charge in [-0.15, -0.1) is 0 Å². The Balaban J connectivity index is 1.97. The fourth-order valence-corrected chi connectivity index (χ4v) is 1.84. The van der Waals surface area contributed by atoms with Crippen LogP contribution in [-0.2, 0) is 0 Å². The molecular weight excluding hydrogens is 222 g/mol. The average molecular weight is 235 g/mol. The minimum Gasteiger partial charge on any atom is -0.436 e. The van der Waals surface area contributed by atoms with Crippen molar-refractivity contribution >= 4 is 0 Å². The second-order valence-electron chi connectivity index (χ2n) is 4.26. The second kappa shape index (κ2) is 4.49. The molecule has 1 heterocycles. The first-order valence-electron chi connectivity index (χ1n) is 5.91. The molecule has 2 aromatic carbocycles. The topological polar surface area (TPSA) is 26.0 Å². The summed E-state index contributed by atoms with van der Waals surface area (Å²) in [4.78, 5) is 4.33. The van der Waals surface area contributed by atoms with Crippen LogP contribution >= 0.6 is 0 Å². The zero-order valence-electron chi connectivity index (χ0n) is 10.1. The molecule has 2 heteroatoms. The lowest BCUT2D eigenvalue weighted by atomic mass is 10.1. The van der Waals surface area contributed by atoms with Gasteiger partial charge in [0.2, 0.25) is 5.89 Å². The van der Waals surface area contributed by atoms with E-state index in [9.17, 15) is 0 Å². The van der Waals surface area contributed by atoms with Crippen molar-refractivity contribution < 1.29 is 4.42 Å². The molecule has 0 amide bonds. The van der Waals surface area contributed by atoms with Crippen molar-refractivity contribution in [1.82, 2.24) is 4.98 Å². The van der Waals surface area contributed by atoms with Crippen molar-refractivity contribution in [3.05, 3.63) is 66.4 Å². The van der Waals surface area contributed by atoms with Crippen molar-refractivity contribution in [1.29, 1.82) is 0 Å². The van der Waals surface area contributed by atoms with Gasteiger partial charge in [0.1, 0.15) is 0 Å². The maximum absolute atomic E-state index is 5.78. The van der Waals surface area contributed by atoms with E-state index in [1.165, 1.54) is 5.56 Å². The van der Waals surface area contributed by atoms with Gasteiger partial charge in [0, 0.05) is 11.1 Å². The van der Waals surface area contributed by atoms with Crippen molar-refractivity contribution in [2.45, 2.75) is 6.92 Å². The second-order valence-corrected chi connectivity index (χ2v) is 4.26. The molecule has 0 unspecified atom stereocenters. The van der Waals surface area contributed by atoms with E-state index in [2.05, 4.69) is 24.0 Å². The number of benzene rings is 2. The van der Waals surface area contributed by atoms with E-state index in [1.54, 1.807) is 6.20 Å². The Morgan fingerprint density at radius 3 is 2.28 bits per heavy atom. The first-order valence-corrected chi connectivity index (χ1v) is 5.91. The third kappa shape index (κ3) is 2.05. The molecule has 3 rings (SSSR count). The number of nitrogens with zero attached hydrogens (tertiary/aromatic N) is 1. The van der Waals surface area contributed by atoms with Gasteiger partial charge in [-0.2, -0.15) is 0 Å². The lowest BCUT2D eigenvalue weighted by Crippen LogP contribution is -1.77. The smallest absolute Gasteiger partial charge is 0.226 e. The van der Waals surface area contributed by atoms with Crippen LogP contribution in [-0.4, -0.2) is 4.98 Å². The van der Waals surface area contributed by atoms with Crippen LogP contribution in [0, 0.1) is 6.92 Å². The molecule has 0 N–H and O–H groups in total. The molecule has 0 saturated heterocycles. The van der Waals surface area contributed by atoms with Crippen LogP contribution in [0.5, 0.6) is 0 Å². The first kappa shape index (κ1) is 10.8. The van der Waals surface area contributed by atoms with Crippen LogP contribution in [0.1, 0.15) is 5.56 Å². The molecule has 0 spiro atoms. The molecule has 1 aromatic heterocycles. The Labute approximate surface area is 106 Å². The standard InChI is InChI=1S/C16H13NO/c1-12-7-9-14(10-8-12)16-17-11-15(18-16)13-5-3-2-4-6-13/h2-11H,1H3. The number of aryl methyl sites for hydroxylation is 1. The van der Waals surface area contributed by atoms with Gasteiger partial charge in [0.05, 0.1) is 6.20 Å². The van der Waals surface area contributed by atoms with Crippen LogP contribution in [0.2, 0.25) is 0 Å². The monoisotopic (exact) mass is 235 g/mol. The molecule has 0 atom stereocenters. The summed E-state index contributed by atoms with van der Waals surface area (Å²) in [6, 6.07) is 18.2. The van der Waals surface area contributed by atoms with Gasteiger partial charge in [-0.1, -0.05) is 48.0 Å². The van der Waals surface area contributed by atoms with E-state index in [-0.39, 0.29) is 0 Å². The maximum Gasteiger partial charge on any atom is 0.226 e. The summed E-state index contributed by atoms with van der Waals surface area (Å²) in [5.41, 5.74) is 3.28. The van der Waals surface area contributed by atoms with Gasteiger partial charge < -0.3 is 4.42 Å². The molecule has 18 heavy (non-hydrogen) atoms. The summed E-state index contributed by atoms with van der Waals surface area (Å²) < 4.78 is 5.78. The van der Waals surface area contributed by atoms with Gasteiger partial charge in [-0.3, -0.25) is 0 Å². The highest BCUT2D eigenvalue weighted by Crippen LogP contribution is 2.25. The first-order chi connectivity index (χ1) is 8.83. The summed E-state index contributed by atoms with van der Waals surface area (Å²) in [5.74, 6) is 1.46. The van der Waals surface area contributed by atoms with Gasteiger partial charge >= 0.3 is 0 Å². The number of aromatic nitrogens is 1. The fourth-order valence-electron chi connectivity index (χ4n) is 1.84. The van der Waals surface area contributed by atoms with Crippen LogP contribution < -0.4 is 0 Å². The summed E-state index contributed by atoms with van der Waals surface area (Å²) in [7, 11) is 0. The predicted molar refractivity (Wildman–Crippen MR) is 72.1 cm³/mol. The molecule has 0 aliphatic heterocycles. The number of rotatable bonds is 2. The summed E-state index contributed by atoms with van der Waals surface area (Å²) in [6.45, 7) is 2.06.